The lowest BCUT2D eigenvalue weighted by Crippen LogP contribution is -1.98. The van der Waals surface area contributed by atoms with Crippen molar-refractivity contribution in [1.29, 1.82) is 0 Å². The summed E-state index contributed by atoms with van der Waals surface area (Å²) < 4.78 is 5.08. The van der Waals surface area contributed by atoms with E-state index in [1.54, 1.807) is 0 Å². The average Bonchev–Trinajstić information content (AvgIpc) is 3.38. The lowest BCUT2D eigenvalue weighted by molar-refractivity contribution is 1.18. The number of para-hydroxylation sites is 2. The van der Waals surface area contributed by atoms with E-state index in [-0.39, 0.29) is 0 Å². The quantitative estimate of drug-likeness (QED) is 0.255. The second-order valence-corrected chi connectivity index (χ2v) is 9.82. The first-order chi connectivity index (χ1) is 16.3. The molecule has 33 heavy (non-hydrogen) atoms. The van der Waals surface area contributed by atoms with Gasteiger partial charge in [-0.15, -0.1) is 11.3 Å². The Labute approximate surface area is 196 Å². The summed E-state index contributed by atoms with van der Waals surface area (Å²) in [6.45, 7) is 0. The van der Waals surface area contributed by atoms with Gasteiger partial charge in [-0.05, 0) is 47.5 Å². The molecule has 0 aliphatic carbocycles. The first-order valence-corrected chi connectivity index (χ1v) is 12.1. The van der Waals surface area contributed by atoms with Crippen LogP contribution in [0.5, 0.6) is 0 Å². The van der Waals surface area contributed by atoms with Gasteiger partial charge in [0.2, 0.25) is 0 Å². The summed E-state index contributed by atoms with van der Waals surface area (Å²) in [5.74, 6) is 0. The molecule has 0 radical (unpaired) electrons. The molecular weight excluding hydrogens is 417 g/mol. The third kappa shape index (κ3) is 2.86. The molecule has 0 fully saturated rings. The molecule has 0 aliphatic heterocycles. The second kappa shape index (κ2) is 7.09. The van der Waals surface area contributed by atoms with E-state index in [0.717, 1.165) is 0 Å². The molecule has 0 saturated heterocycles. The monoisotopic (exact) mass is 437 g/mol. The maximum Gasteiger partial charge on any atom is 0.139 e. The molecule has 3 heteroatoms. The van der Waals surface area contributed by atoms with E-state index in [2.05, 4.69) is 122 Å². The minimum Gasteiger partial charge on any atom is -0.309 e. The van der Waals surface area contributed by atoms with Gasteiger partial charge in [0.1, 0.15) is 7.85 Å². The van der Waals surface area contributed by atoms with E-state index in [9.17, 15) is 0 Å². The smallest absolute Gasteiger partial charge is 0.139 e. The molecule has 0 N–H and O–H groups in total. The van der Waals surface area contributed by atoms with Gasteiger partial charge < -0.3 is 4.57 Å². The summed E-state index contributed by atoms with van der Waals surface area (Å²) >= 11 is 1.89. The van der Waals surface area contributed by atoms with Crippen LogP contribution in [-0.2, 0) is 0 Å². The van der Waals surface area contributed by atoms with Crippen LogP contribution in [0.4, 0.5) is 0 Å². The maximum atomic E-state index is 2.37. The largest absolute Gasteiger partial charge is 0.309 e. The highest BCUT2D eigenvalue weighted by molar-refractivity contribution is 7.25. The molecule has 7 rings (SSSR count). The lowest BCUT2D eigenvalue weighted by atomic mass is 9.95. The number of nitrogens with zero attached hydrogens (tertiary/aromatic N) is 1. The van der Waals surface area contributed by atoms with Crippen LogP contribution < -0.4 is 5.46 Å². The second-order valence-electron chi connectivity index (χ2n) is 8.73. The van der Waals surface area contributed by atoms with Gasteiger partial charge in [0, 0.05) is 36.6 Å². The Hall–Kier alpha value is -3.82. The van der Waals surface area contributed by atoms with Crippen molar-refractivity contribution in [3.63, 3.8) is 0 Å². The van der Waals surface area contributed by atoms with Crippen LogP contribution in [0, 0.1) is 0 Å². The van der Waals surface area contributed by atoms with Crippen LogP contribution in [0.15, 0.2) is 109 Å². The maximum absolute atomic E-state index is 2.37. The van der Waals surface area contributed by atoms with Gasteiger partial charge in [-0.2, -0.15) is 0 Å². The highest BCUT2D eigenvalue weighted by atomic mass is 32.1. The third-order valence-corrected chi connectivity index (χ3v) is 7.76. The van der Waals surface area contributed by atoms with Gasteiger partial charge in [-0.25, -0.2) is 0 Å². The van der Waals surface area contributed by atoms with Crippen molar-refractivity contribution in [2.24, 2.45) is 0 Å². The van der Waals surface area contributed by atoms with Crippen LogP contribution >= 0.6 is 11.3 Å². The molecule has 0 unspecified atom stereocenters. The lowest BCUT2D eigenvalue weighted by Gasteiger charge is -2.08. The van der Waals surface area contributed by atoms with Crippen molar-refractivity contribution in [3.05, 3.63) is 109 Å². The Balaban J connectivity index is 1.45. The number of hydrogen-bond acceptors (Lipinski definition) is 1. The van der Waals surface area contributed by atoms with Gasteiger partial charge in [0.15, 0.2) is 0 Å². The summed E-state index contributed by atoms with van der Waals surface area (Å²) in [5.41, 5.74) is 7.52. The number of thiophene rings is 1. The van der Waals surface area contributed by atoms with Gasteiger partial charge >= 0.3 is 0 Å². The molecular formula is C30H20BNS. The molecule has 154 valence electrons. The molecule has 7 aromatic rings. The number of aromatic nitrogens is 1. The van der Waals surface area contributed by atoms with Gasteiger partial charge in [0.05, 0.1) is 11.0 Å². The Bertz CT molecular complexity index is 1830. The molecule has 0 spiro atoms. The summed E-state index contributed by atoms with van der Waals surface area (Å²) in [6, 6.07) is 39.9. The predicted molar refractivity (Wildman–Crippen MR) is 147 cm³/mol. The number of hydrogen-bond donors (Lipinski definition) is 0. The fraction of sp³-hybridized carbons (Fsp3) is 0. The van der Waals surface area contributed by atoms with Crippen LogP contribution in [0.1, 0.15) is 0 Å². The first-order valence-electron chi connectivity index (χ1n) is 11.3. The van der Waals surface area contributed by atoms with Crippen molar-refractivity contribution in [2.45, 2.75) is 0 Å². The summed E-state index contributed by atoms with van der Waals surface area (Å²) in [6.07, 6.45) is 0. The zero-order valence-corrected chi connectivity index (χ0v) is 19.1. The molecule has 0 bridgehead atoms. The fourth-order valence-electron chi connectivity index (χ4n) is 5.07. The first kappa shape index (κ1) is 18.7. The number of rotatable bonds is 2. The zero-order chi connectivity index (χ0) is 21.9. The van der Waals surface area contributed by atoms with Crippen molar-refractivity contribution in [3.8, 4) is 16.8 Å². The highest BCUT2D eigenvalue weighted by Gasteiger charge is 2.13. The topological polar surface area (TPSA) is 4.93 Å². The van der Waals surface area contributed by atoms with E-state index in [0.29, 0.717) is 0 Å². The molecule has 0 amide bonds. The summed E-state index contributed by atoms with van der Waals surface area (Å²) in [5, 5.41) is 5.28. The van der Waals surface area contributed by atoms with Crippen molar-refractivity contribution < 1.29 is 0 Å². The van der Waals surface area contributed by atoms with E-state index in [1.807, 2.05) is 11.3 Å². The van der Waals surface area contributed by atoms with Crippen LogP contribution in [-0.4, -0.2) is 12.4 Å². The molecule has 5 aromatic carbocycles. The SMILES string of the molecule is Bc1ccc2c(c1)sc1cc(-c3ccc4c(c3)c3ccccc3n4-c3ccccc3)ccc12. The Morgan fingerprint density at radius 1 is 0.515 bits per heavy atom. The molecule has 0 aliphatic rings. The Morgan fingerprint density at radius 3 is 2.06 bits per heavy atom. The van der Waals surface area contributed by atoms with E-state index < -0.39 is 0 Å². The molecule has 2 heterocycles. The average molecular weight is 437 g/mol. The Kier molecular flexibility index (Phi) is 4.03. The van der Waals surface area contributed by atoms with Crippen molar-refractivity contribution in [2.75, 3.05) is 0 Å². The zero-order valence-electron chi connectivity index (χ0n) is 18.2. The minimum atomic E-state index is 1.19. The Morgan fingerprint density at radius 2 is 1.18 bits per heavy atom. The molecule has 0 saturated carbocycles. The van der Waals surface area contributed by atoms with E-state index in [4.69, 9.17) is 0 Å². The predicted octanol–water partition coefficient (Wildman–Crippen LogP) is 7.08. The van der Waals surface area contributed by atoms with E-state index in [1.165, 1.54) is 64.3 Å². The molecule has 2 aromatic heterocycles. The van der Waals surface area contributed by atoms with Gasteiger partial charge in [-0.3, -0.25) is 0 Å². The molecule has 1 nitrogen and oxygen atoms in total. The normalized spacial score (nSPS) is 11.8. The van der Waals surface area contributed by atoms with E-state index >= 15 is 0 Å². The standard InChI is InChI=1S/C30H20BNS/c31-21-12-14-25-24-13-10-20(17-29(24)33-30(25)18-21)19-11-15-28-26(16-19)23-8-4-5-9-27(23)32(28)22-6-2-1-3-7-22/h1-18H,31H2. The van der Waals surface area contributed by atoms with Gasteiger partial charge in [0.25, 0.3) is 0 Å². The van der Waals surface area contributed by atoms with Gasteiger partial charge in [-0.1, -0.05) is 78.3 Å². The van der Waals surface area contributed by atoms with Crippen molar-refractivity contribution >= 4 is 66.6 Å². The van der Waals surface area contributed by atoms with Crippen LogP contribution in [0.3, 0.4) is 0 Å². The van der Waals surface area contributed by atoms with Crippen molar-refractivity contribution in [1.82, 2.24) is 4.57 Å². The molecule has 0 atom stereocenters. The third-order valence-electron chi connectivity index (χ3n) is 6.65. The highest BCUT2D eigenvalue weighted by Crippen LogP contribution is 2.38. The van der Waals surface area contributed by atoms with Crippen LogP contribution in [0.25, 0.3) is 58.8 Å². The number of benzene rings is 5. The minimum absolute atomic E-state index is 1.19. The number of fused-ring (bicyclic) bond motifs is 6. The van der Waals surface area contributed by atoms with Crippen LogP contribution in [0.2, 0.25) is 0 Å². The summed E-state index contributed by atoms with van der Waals surface area (Å²) in [7, 11) is 2.16. The summed E-state index contributed by atoms with van der Waals surface area (Å²) in [4.78, 5) is 0. The fourth-order valence-corrected chi connectivity index (χ4v) is 6.32.